The predicted molar refractivity (Wildman–Crippen MR) is 96.5 cm³/mol. The first-order chi connectivity index (χ1) is 11.7. The van der Waals surface area contributed by atoms with Gasteiger partial charge in [-0.05, 0) is 25.0 Å². The molecule has 122 valence electrons. The summed E-state index contributed by atoms with van der Waals surface area (Å²) in [4.78, 5) is 20.9. The van der Waals surface area contributed by atoms with Gasteiger partial charge in [-0.2, -0.15) is 0 Å². The number of para-hydroxylation sites is 1. The Kier molecular flexibility index (Phi) is 3.82. The van der Waals surface area contributed by atoms with Crippen molar-refractivity contribution >= 4 is 33.1 Å². The van der Waals surface area contributed by atoms with Gasteiger partial charge in [0, 0.05) is 40.9 Å². The normalized spacial score (nSPS) is 11.4. The van der Waals surface area contributed by atoms with Crippen molar-refractivity contribution in [2.75, 3.05) is 6.54 Å². The third kappa shape index (κ3) is 2.80. The van der Waals surface area contributed by atoms with Gasteiger partial charge in [-0.15, -0.1) is 11.3 Å². The number of nitrogens with one attached hydrogen (secondary N) is 2. The van der Waals surface area contributed by atoms with Crippen LogP contribution in [0.25, 0.3) is 15.9 Å². The van der Waals surface area contributed by atoms with Crippen LogP contribution in [0.15, 0.2) is 42.0 Å². The number of benzene rings is 1. The van der Waals surface area contributed by atoms with Gasteiger partial charge >= 0.3 is 0 Å². The fraction of sp³-hybridized carbons (Fsp3) is 0.222. The van der Waals surface area contributed by atoms with Crippen LogP contribution >= 0.6 is 11.3 Å². The van der Waals surface area contributed by atoms with Gasteiger partial charge in [-0.1, -0.05) is 18.2 Å². The molecule has 1 amide bonds. The molecule has 1 aromatic carbocycles. The smallest absolute Gasteiger partial charge is 0.226 e. The number of nitrogens with zero attached hydrogens (tertiary/aromatic N) is 2. The van der Waals surface area contributed by atoms with E-state index >= 15 is 0 Å². The minimum Gasteiger partial charge on any atom is -0.358 e. The van der Waals surface area contributed by atoms with Crippen molar-refractivity contribution in [3.8, 4) is 0 Å². The van der Waals surface area contributed by atoms with Gasteiger partial charge in [-0.25, -0.2) is 4.98 Å². The Morgan fingerprint density at radius 1 is 1.38 bits per heavy atom. The van der Waals surface area contributed by atoms with Crippen molar-refractivity contribution in [1.82, 2.24) is 19.7 Å². The zero-order valence-electron chi connectivity index (χ0n) is 13.4. The molecule has 0 saturated carbocycles. The lowest BCUT2D eigenvalue weighted by atomic mass is 10.1. The van der Waals surface area contributed by atoms with E-state index in [0.717, 1.165) is 22.6 Å². The molecule has 0 aliphatic heterocycles. The second-order valence-corrected chi connectivity index (χ2v) is 6.75. The maximum absolute atomic E-state index is 12.1. The van der Waals surface area contributed by atoms with E-state index in [9.17, 15) is 4.79 Å². The van der Waals surface area contributed by atoms with E-state index in [1.165, 1.54) is 16.6 Å². The zero-order valence-corrected chi connectivity index (χ0v) is 14.2. The molecule has 0 bridgehead atoms. The largest absolute Gasteiger partial charge is 0.358 e. The number of aromatic nitrogens is 3. The zero-order chi connectivity index (χ0) is 16.5. The summed E-state index contributed by atoms with van der Waals surface area (Å²) in [6.45, 7) is 2.71. The third-order valence-corrected chi connectivity index (χ3v) is 4.98. The Balaban J connectivity index is 1.37. The second-order valence-electron chi connectivity index (χ2n) is 5.88. The van der Waals surface area contributed by atoms with Crippen molar-refractivity contribution in [3.05, 3.63) is 59.0 Å². The lowest BCUT2D eigenvalue weighted by molar-refractivity contribution is -0.120. The highest BCUT2D eigenvalue weighted by Gasteiger charge is 2.10. The van der Waals surface area contributed by atoms with E-state index in [1.807, 2.05) is 34.3 Å². The lowest BCUT2D eigenvalue weighted by Crippen LogP contribution is -2.27. The average molecular weight is 338 g/mol. The van der Waals surface area contributed by atoms with E-state index in [2.05, 4.69) is 34.3 Å². The first-order valence-electron chi connectivity index (χ1n) is 7.94. The van der Waals surface area contributed by atoms with Gasteiger partial charge in [0.05, 0.1) is 12.1 Å². The van der Waals surface area contributed by atoms with E-state index in [1.54, 1.807) is 11.3 Å². The van der Waals surface area contributed by atoms with Crippen LogP contribution in [0.1, 0.15) is 17.0 Å². The van der Waals surface area contributed by atoms with Crippen molar-refractivity contribution in [3.63, 3.8) is 0 Å². The maximum Gasteiger partial charge on any atom is 0.226 e. The molecule has 3 aromatic heterocycles. The van der Waals surface area contributed by atoms with E-state index < -0.39 is 0 Å². The number of thiazole rings is 1. The fourth-order valence-electron chi connectivity index (χ4n) is 3.07. The van der Waals surface area contributed by atoms with Crippen LogP contribution in [0.5, 0.6) is 0 Å². The molecule has 6 heteroatoms. The molecular formula is C18H18N4OS. The predicted octanol–water partition coefficient (Wildman–Crippen LogP) is 3.09. The highest BCUT2D eigenvalue weighted by Crippen LogP contribution is 2.21. The third-order valence-electron chi connectivity index (χ3n) is 4.21. The minimum absolute atomic E-state index is 0.0123. The fourth-order valence-corrected chi connectivity index (χ4v) is 3.79. The molecule has 0 atom stereocenters. The molecule has 3 heterocycles. The molecule has 5 nitrogen and oxygen atoms in total. The van der Waals surface area contributed by atoms with Crippen LogP contribution in [0, 0.1) is 6.92 Å². The van der Waals surface area contributed by atoms with E-state index in [0.29, 0.717) is 13.0 Å². The number of fused-ring (bicyclic) bond motifs is 2. The van der Waals surface area contributed by atoms with Gasteiger partial charge in [0.2, 0.25) is 5.91 Å². The summed E-state index contributed by atoms with van der Waals surface area (Å²) in [5, 5.41) is 6.22. The Labute approximate surface area is 143 Å². The highest BCUT2D eigenvalue weighted by atomic mass is 32.1. The minimum atomic E-state index is 0.0123. The second kappa shape index (κ2) is 6.13. The number of amides is 1. The molecule has 0 saturated heterocycles. The standard InChI is InChI=1S/C18H18N4OS/c1-12-14(15-4-2-3-5-16(15)20-12)6-7-19-17(23)10-13-11-22-8-9-24-18(22)21-13/h2-5,8-9,11,20H,6-7,10H2,1H3,(H,19,23). The quantitative estimate of drug-likeness (QED) is 0.587. The monoisotopic (exact) mass is 338 g/mol. The molecule has 0 spiro atoms. The van der Waals surface area contributed by atoms with E-state index in [4.69, 9.17) is 0 Å². The highest BCUT2D eigenvalue weighted by molar-refractivity contribution is 7.15. The van der Waals surface area contributed by atoms with Crippen molar-refractivity contribution < 1.29 is 4.79 Å². The van der Waals surface area contributed by atoms with Crippen LogP contribution in [-0.4, -0.2) is 26.8 Å². The molecule has 0 radical (unpaired) electrons. The molecule has 0 fully saturated rings. The Hall–Kier alpha value is -2.60. The van der Waals surface area contributed by atoms with Gasteiger partial charge in [0.25, 0.3) is 0 Å². The summed E-state index contributed by atoms with van der Waals surface area (Å²) in [5.74, 6) is 0.0123. The Morgan fingerprint density at radius 2 is 2.25 bits per heavy atom. The van der Waals surface area contributed by atoms with Gasteiger partial charge in [0.15, 0.2) is 4.96 Å². The summed E-state index contributed by atoms with van der Waals surface area (Å²) in [6, 6.07) is 8.27. The number of carbonyl (C=O) groups excluding carboxylic acids is 1. The molecule has 0 aliphatic rings. The Bertz CT molecular complexity index is 982. The summed E-state index contributed by atoms with van der Waals surface area (Å²) < 4.78 is 1.95. The van der Waals surface area contributed by atoms with Crippen LogP contribution in [0.2, 0.25) is 0 Å². The van der Waals surface area contributed by atoms with Crippen LogP contribution in [-0.2, 0) is 17.6 Å². The molecule has 24 heavy (non-hydrogen) atoms. The number of rotatable bonds is 5. The summed E-state index contributed by atoms with van der Waals surface area (Å²) in [7, 11) is 0. The van der Waals surface area contributed by atoms with Crippen molar-refractivity contribution in [1.29, 1.82) is 0 Å². The lowest BCUT2D eigenvalue weighted by Gasteiger charge is -2.05. The number of aryl methyl sites for hydroxylation is 1. The van der Waals surface area contributed by atoms with E-state index in [-0.39, 0.29) is 5.91 Å². The molecule has 0 aliphatic carbocycles. The number of carbonyl (C=O) groups is 1. The topological polar surface area (TPSA) is 62.2 Å². The van der Waals surface area contributed by atoms with Gasteiger partial charge < -0.3 is 10.3 Å². The Morgan fingerprint density at radius 3 is 3.12 bits per heavy atom. The molecule has 4 rings (SSSR count). The number of imidazole rings is 1. The van der Waals surface area contributed by atoms with Gasteiger partial charge in [-0.3, -0.25) is 9.20 Å². The molecule has 4 aromatic rings. The maximum atomic E-state index is 12.1. The molecular weight excluding hydrogens is 320 g/mol. The average Bonchev–Trinajstić information content (AvgIpc) is 3.21. The molecule has 2 N–H and O–H groups in total. The summed E-state index contributed by atoms with van der Waals surface area (Å²) >= 11 is 1.57. The first kappa shape index (κ1) is 15.0. The van der Waals surface area contributed by atoms with Crippen molar-refractivity contribution in [2.45, 2.75) is 19.8 Å². The van der Waals surface area contributed by atoms with Crippen molar-refractivity contribution in [2.24, 2.45) is 0 Å². The number of hydrogen-bond donors (Lipinski definition) is 2. The molecule has 0 unspecified atom stereocenters. The van der Waals surface area contributed by atoms with Crippen LogP contribution in [0.3, 0.4) is 0 Å². The number of aromatic amines is 1. The van der Waals surface area contributed by atoms with Crippen LogP contribution < -0.4 is 5.32 Å². The summed E-state index contributed by atoms with van der Waals surface area (Å²) in [5.41, 5.74) is 4.39. The van der Waals surface area contributed by atoms with Crippen LogP contribution in [0.4, 0.5) is 0 Å². The van der Waals surface area contributed by atoms with Gasteiger partial charge in [0.1, 0.15) is 0 Å². The SMILES string of the molecule is Cc1[nH]c2ccccc2c1CCNC(=O)Cc1cn2ccsc2n1. The number of H-pyrrole nitrogens is 1. The summed E-state index contributed by atoms with van der Waals surface area (Å²) in [6.07, 6.45) is 5.00. The number of hydrogen-bond acceptors (Lipinski definition) is 3. The first-order valence-corrected chi connectivity index (χ1v) is 8.82.